The zero-order chi connectivity index (χ0) is 15.4. The molecule has 0 unspecified atom stereocenters. The average molecular weight is 317 g/mol. The van der Waals surface area contributed by atoms with Crippen LogP contribution in [0.25, 0.3) is 0 Å². The van der Waals surface area contributed by atoms with Gasteiger partial charge >= 0.3 is 0 Å². The molecule has 1 aliphatic heterocycles. The first-order valence-corrected chi connectivity index (χ1v) is 8.07. The van der Waals surface area contributed by atoms with Crippen LogP contribution in [-0.4, -0.2) is 31.4 Å². The van der Waals surface area contributed by atoms with E-state index >= 15 is 0 Å². The minimum Gasteiger partial charge on any atom is -0.495 e. The minimum atomic E-state index is 0.499. The minimum absolute atomic E-state index is 0.499. The fourth-order valence-corrected chi connectivity index (χ4v) is 3.04. The number of aromatic nitrogens is 1. The molecule has 6 nitrogen and oxygen atoms in total. The molecule has 1 aromatic heterocycles. The van der Waals surface area contributed by atoms with Gasteiger partial charge in [-0.3, -0.25) is 5.43 Å². The summed E-state index contributed by atoms with van der Waals surface area (Å²) in [5.74, 6) is 1.38. The predicted molar refractivity (Wildman–Crippen MR) is 92.2 cm³/mol. The van der Waals surface area contributed by atoms with Gasteiger partial charge in [-0.2, -0.15) is 5.10 Å². The molecule has 1 saturated heterocycles. The highest BCUT2D eigenvalue weighted by Crippen LogP contribution is 2.31. The first-order valence-electron chi connectivity index (χ1n) is 7.19. The second-order valence-corrected chi connectivity index (χ2v) is 5.93. The lowest BCUT2D eigenvalue weighted by Gasteiger charge is -2.20. The second-order valence-electron chi connectivity index (χ2n) is 5.07. The summed E-state index contributed by atoms with van der Waals surface area (Å²) in [6, 6.07) is 6.12. The molecule has 0 saturated carbocycles. The first-order chi connectivity index (χ1) is 10.8. The van der Waals surface area contributed by atoms with Crippen molar-refractivity contribution in [3.05, 3.63) is 29.1 Å². The standard InChI is InChI=1S/C15H19N5OS/c1-21-13-8-11(4-5-12(13)20-6-2-3-7-20)9-17-19-15-18-14(16)10-22-15/h4-5,8-10H,2-3,6-7,16H2,1H3,(H,18,19). The number of hydrogen-bond acceptors (Lipinski definition) is 7. The topological polar surface area (TPSA) is 75.8 Å². The van der Waals surface area contributed by atoms with Gasteiger partial charge in [0.2, 0.25) is 5.13 Å². The van der Waals surface area contributed by atoms with E-state index in [9.17, 15) is 0 Å². The highest BCUT2D eigenvalue weighted by molar-refractivity contribution is 7.14. The summed E-state index contributed by atoms with van der Waals surface area (Å²) in [6.07, 6.45) is 4.23. The molecule has 116 valence electrons. The van der Waals surface area contributed by atoms with Crippen LogP contribution in [0.2, 0.25) is 0 Å². The van der Waals surface area contributed by atoms with E-state index in [1.54, 1.807) is 18.7 Å². The normalized spacial score (nSPS) is 14.7. The molecule has 0 atom stereocenters. The summed E-state index contributed by atoms with van der Waals surface area (Å²) in [4.78, 5) is 6.44. The van der Waals surface area contributed by atoms with Gasteiger partial charge in [0, 0.05) is 18.5 Å². The summed E-state index contributed by atoms with van der Waals surface area (Å²) in [6.45, 7) is 2.19. The third kappa shape index (κ3) is 3.30. The van der Waals surface area contributed by atoms with Gasteiger partial charge in [0.05, 0.1) is 19.0 Å². The molecule has 2 heterocycles. The van der Waals surface area contributed by atoms with Crippen molar-refractivity contribution in [3.8, 4) is 5.75 Å². The number of methoxy groups -OCH3 is 1. The lowest BCUT2D eigenvalue weighted by molar-refractivity contribution is 0.415. The van der Waals surface area contributed by atoms with E-state index in [0.717, 1.165) is 30.1 Å². The Morgan fingerprint density at radius 3 is 2.91 bits per heavy atom. The Morgan fingerprint density at radius 1 is 1.41 bits per heavy atom. The third-order valence-electron chi connectivity index (χ3n) is 3.55. The predicted octanol–water partition coefficient (Wildman–Crippen LogP) is 2.78. The maximum Gasteiger partial charge on any atom is 0.205 e. The van der Waals surface area contributed by atoms with Crippen molar-refractivity contribution in [1.82, 2.24) is 4.98 Å². The van der Waals surface area contributed by atoms with Crippen molar-refractivity contribution in [2.24, 2.45) is 5.10 Å². The van der Waals surface area contributed by atoms with Crippen molar-refractivity contribution in [2.45, 2.75) is 12.8 Å². The molecule has 0 radical (unpaired) electrons. The Kier molecular flexibility index (Phi) is 4.43. The summed E-state index contributed by atoms with van der Waals surface area (Å²) in [7, 11) is 1.70. The molecule has 1 aliphatic rings. The van der Waals surface area contributed by atoms with Crippen LogP contribution in [0, 0.1) is 0 Å². The Balaban J connectivity index is 1.71. The number of rotatable bonds is 5. The van der Waals surface area contributed by atoms with E-state index in [4.69, 9.17) is 10.5 Å². The molecule has 1 aromatic carbocycles. The Morgan fingerprint density at radius 2 is 2.23 bits per heavy atom. The van der Waals surface area contributed by atoms with Gasteiger partial charge in [-0.25, -0.2) is 4.98 Å². The molecule has 22 heavy (non-hydrogen) atoms. The first kappa shape index (κ1) is 14.6. The average Bonchev–Trinajstić information content (AvgIpc) is 3.19. The summed E-state index contributed by atoms with van der Waals surface area (Å²) >= 11 is 1.42. The zero-order valence-corrected chi connectivity index (χ0v) is 13.3. The van der Waals surface area contributed by atoms with Crippen LogP contribution in [-0.2, 0) is 0 Å². The summed E-state index contributed by atoms with van der Waals surface area (Å²) in [5, 5.41) is 6.62. The molecule has 3 N–H and O–H groups in total. The number of anilines is 3. The van der Waals surface area contributed by atoms with Crippen LogP contribution in [0.3, 0.4) is 0 Å². The SMILES string of the molecule is COc1cc(C=NNc2nc(N)cs2)ccc1N1CCCC1. The number of nitrogens with two attached hydrogens (primary N) is 1. The van der Waals surface area contributed by atoms with E-state index in [1.165, 1.54) is 24.2 Å². The molecule has 3 rings (SSSR count). The van der Waals surface area contributed by atoms with Crippen molar-refractivity contribution < 1.29 is 4.74 Å². The van der Waals surface area contributed by atoms with Gasteiger partial charge in [-0.15, -0.1) is 11.3 Å². The molecule has 1 fully saturated rings. The molecule has 2 aromatic rings. The second kappa shape index (κ2) is 6.65. The van der Waals surface area contributed by atoms with Gasteiger partial charge < -0.3 is 15.4 Å². The van der Waals surface area contributed by atoms with Crippen molar-refractivity contribution in [3.63, 3.8) is 0 Å². The summed E-state index contributed by atoms with van der Waals surface area (Å²) < 4.78 is 5.52. The molecule has 7 heteroatoms. The Hall–Kier alpha value is -2.28. The van der Waals surface area contributed by atoms with Crippen LogP contribution in [0.4, 0.5) is 16.6 Å². The van der Waals surface area contributed by atoms with E-state index in [1.807, 2.05) is 12.1 Å². The largest absolute Gasteiger partial charge is 0.495 e. The van der Waals surface area contributed by atoms with Gasteiger partial charge in [0.1, 0.15) is 11.6 Å². The number of nitrogens with one attached hydrogen (secondary N) is 1. The maximum absolute atomic E-state index is 5.56. The fraction of sp³-hybridized carbons (Fsp3) is 0.333. The Bertz CT molecular complexity index is 664. The van der Waals surface area contributed by atoms with Crippen LogP contribution in [0.5, 0.6) is 5.75 Å². The van der Waals surface area contributed by atoms with E-state index in [-0.39, 0.29) is 0 Å². The number of thiazole rings is 1. The molecular weight excluding hydrogens is 298 g/mol. The smallest absolute Gasteiger partial charge is 0.205 e. The van der Waals surface area contributed by atoms with Gasteiger partial charge in [0.15, 0.2) is 0 Å². The fourth-order valence-electron chi connectivity index (χ4n) is 2.49. The number of hydrogen-bond donors (Lipinski definition) is 2. The van der Waals surface area contributed by atoms with E-state index in [0.29, 0.717) is 10.9 Å². The molecule has 0 aliphatic carbocycles. The van der Waals surface area contributed by atoms with Crippen molar-refractivity contribution in [1.29, 1.82) is 0 Å². The lowest BCUT2D eigenvalue weighted by atomic mass is 10.2. The molecule has 0 bridgehead atoms. The quantitative estimate of drug-likeness (QED) is 0.655. The highest BCUT2D eigenvalue weighted by atomic mass is 32.1. The Labute approximate surface area is 133 Å². The van der Waals surface area contributed by atoms with Gasteiger partial charge in [-0.05, 0) is 30.5 Å². The van der Waals surface area contributed by atoms with Crippen LogP contribution in [0.1, 0.15) is 18.4 Å². The lowest BCUT2D eigenvalue weighted by Crippen LogP contribution is -2.18. The van der Waals surface area contributed by atoms with Crippen LogP contribution < -0.4 is 20.8 Å². The number of nitrogens with zero attached hydrogens (tertiary/aromatic N) is 3. The monoisotopic (exact) mass is 317 g/mol. The number of ether oxygens (including phenoxy) is 1. The van der Waals surface area contributed by atoms with E-state index in [2.05, 4.69) is 26.5 Å². The van der Waals surface area contributed by atoms with Crippen molar-refractivity contribution in [2.75, 3.05) is 36.3 Å². The maximum atomic E-state index is 5.56. The zero-order valence-electron chi connectivity index (χ0n) is 12.5. The summed E-state index contributed by atoms with van der Waals surface area (Å²) in [5.41, 5.74) is 10.5. The number of benzene rings is 1. The molecule has 0 amide bonds. The van der Waals surface area contributed by atoms with Gasteiger partial charge in [-0.1, -0.05) is 6.07 Å². The van der Waals surface area contributed by atoms with Crippen LogP contribution in [0.15, 0.2) is 28.7 Å². The number of hydrazone groups is 1. The van der Waals surface area contributed by atoms with Crippen molar-refractivity contribution >= 4 is 34.2 Å². The molecule has 0 spiro atoms. The van der Waals surface area contributed by atoms with Crippen LogP contribution >= 0.6 is 11.3 Å². The molecular formula is C15H19N5OS. The van der Waals surface area contributed by atoms with Gasteiger partial charge in [0.25, 0.3) is 0 Å². The highest BCUT2D eigenvalue weighted by Gasteiger charge is 2.16. The van der Waals surface area contributed by atoms with E-state index < -0.39 is 0 Å². The number of nitrogen functional groups attached to an aromatic ring is 1. The third-order valence-corrected chi connectivity index (χ3v) is 4.31.